The summed E-state index contributed by atoms with van der Waals surface area (Å²) < 4.78 is 0. The smallest absolute Gasteiger partial charge is 0.276 e. The molecule has 2 rings (SSSR count). The van der Waals surface area contributed by atoms with E-state index in [9.17, 15) is 10.1 Å². The first kappa shape index (κ1) is 13.7. The van der Waals surface area contributed by atoms with E-state index in [0.29, 0.717) is 11.6 Å². The van der Waals surface area contributed by atoms with Crippen molar-refractivity contribution in [3.8, 4) is 0 Å². The van der Waals surface area contributed by atoms with E-state index < -0.39 is 0 Å². The molecule has 0 saturated carbocycles. The van der Waals surface area contributed by atoms with Gasteiger partial charge in [-0.3, -0.25) is 15.0 Å². The first-order valence-electron chi connectivity index (χ1n) is 6.82. The van der Waals surface area contributed by atoms with Gasteiger partial charge in [-0.15, -0.1) is 0 Å². The van der Waals surface area contributed by atoms with Gasteiger partial charge in [0, 0.05) is 18.7 Å². The Hall–Kier alpha value is -1.68. The molecule has 1 aliphatic rings. The Labute approximate surface area is 113 Å². The third-order valence-corrected chi connectivity index (χ3v) is 3.71. The molecule has 0 bridgehead atoms. The molecule has 0 spiro atoms. The van der Waals surface area contributed by atoms with Gasteiger partial charge in [0.2, 0.25) is 0 Å². The predicted molar refractivity (Wildman–Crippen MR) is 77.0 cm³/mol. The highest BCUT2D eigenvalue weighted by atomic mass is 16.6. The molecule has 0 amide bonds. The number of rotatable bonds is 4. The average molecular weight is 260 g/mol. The van der Waals surface area contributed by atoms with Crippen molar-refractivity contribution in [2.45, 2.75) is 32.2 Å². The summed E-state index contributed by atoms with van der Waals surface area (Å²) in [5, 5.41) is 10.9. The van der Waals surface area contributed by atoms with Crippen molar-refractivity contribution < 1.29 is 4.92 Å². The van der Waals surface area contributed by atoms with Gasteiger partial charge in [-0.05, 0) is 32.4 Å². The van der Waals surface area contributed by atoms with E-state index >= 15 is 0 Å². The van der Waals surface area contributed by atoms with Crippen LogP contribution in [0.3, 0.4) is 0 Å². The monoisotopic (exact) mass is 260 g/mol. The maximum Gasteiger partial charge on any atom is 0.276 e. The zero-order chi connectivity index (χ0) is 13.7. The zero-order valence-corrected chi connectivity index (χ0v) is 11.3. The van der Waals surface area contributed by atoms with Gasteiger partial charge in [0.25, 0.3) is 5.69 Å². The van der Waals surface area contributed by atoms with Gasteiger partial charge in [-0.25, -0.2) is 0 Å². The highest BCUT2D eigenvalue weighted by Gasteiger charge is 2.16. The Morgan fingerprint density at radius 3 is 2.95 bits per heavy atom. The van der Waals surface area contributed by atoms with Crippen molar-refractivity contribution in [2.24, 2.45) is 0 Å². The van der Waals surface area contributed by atoms with Crippen LogP contribution in [0.5, 0.6) is 0 Å². The highest BCUT2D eigenvalue weighted by Crippen LogP contribution is 2.20. The van der Waals surface area contributed by atoms with E-state index in [2.05, 4.69) is 11.8 Å². The molecule has 1 aromatic carbocycles. The molecule has 1 unspecified atom stereocenters. The molecular weight excluding hydrogens is 240 g/mol. The van der Waals surface area contributed by atoms with Crippen molar-refractivity contribution in [1.82, 2.24) is 4.90 Å². The van der Waals surface area contributed by atoms with Crippen molar-refractivity contribution >= 4 is 11.8 Å². The van der Waals surface area contributed by atoms with E-state index in [1.807, 2.05) is 18.2 Å². The molecule has 0 N–H and O–H groups in total. The number of hydrogen-bond donors (Lipinski definition) is 0. The lowest BCUT2D eigenvalue weighted by molar-refractivity contribution is -0.385. The first-order chi connectivity index (χ1) is 9.18. The lowest BCUT2D eigenvalue weighted by Gasteiger charge is -2.32. The van der Waals surface area contributed by atoms with Crippen LogP contribution in [0.4, 0.5) is 5.69 Å². The third-order valence-electron chi connectivity index (χ3n) is 3.71. The third kappa shape index (κ3) is 3.64. The zero-order valence-electron chi connectivity index (χ0n) is 11.3. The van der Waals surface area contributed by atoms with Crippen LogP contribution in [0.2, 0.25) is 0 Å². The molecule has 1 aliphatic heterocycles. The number of para-hydroxylation sites is 1. The Morgan fingerprint density at radius 2 is 2.21 bits per heavy atom. The first-order valence-corrected chi connectivity index (χ1v) is 6.82. The normalized spacial score (nSPS) is 20.8. The maximum absolute atomic E-state index is 10.9. The van der Waals surface area contributed by atoms with Gasteiger partial charge in [0.15, 0.2) is 0 Å². The number of nitro groups is 1. The van der Waals surface area contributed by atoms with Gasteiger partial charge >= 0.3 is 0 Å². The molecule has 0 aromatic heterocycles. The second-order valence-corrected chi connectivity index (χ2v) is 5.06. The number of piperidine rings is 1. The minimum absolute atomic E-state index is 0.172. The van der Waals surface area contributed by atoms with E-state index in [1.54, 1.807) is 18.2 Å². The Morgan fingerprint density at radius 1 is 1.42 bits per heavy atom. The fourth-order valence-electron chi connectivity index (χ4n) is 2.54. The predicted octanol–water partition coefficient (Wildman–Crippen LogP) is 3.48. The fourth-order valence-corrected chi connectivity index (χ4v) is 2.54. The summed E-state index contributed by atoms with van der Waals surface area (Å²) in [5.74, 6) is 0. The lowest BCUT2D eigenvalue weighted by Crippen LogP contribution is -2.37. The van der Waals surface area contributed by atoms with Gasteiger partial charge in [0.05, 0.1) is 10.5 Å². The Bertz CT molecular complexity index is 471. The second kappa shape index (κ2) is 6.48. The molecular formula is C15H20N2O2. The van der Waals surface area contributed by atoms with Crippen molar-refractivity contribution in [3.63, 3.8) is 0 Å². The summed E-state index contributed by atoms with van der Waals surface area (Å²) in [6.45, 7) is 4.24. The van der Waals surface area contributed by atoms with Crippen LogP contribution in [0, 0.1) is 10.1 Å². The molecule has 1 atom stereocenters. The summed E-state index contributed by atoms with van der Waals surface area (Å²) in [5.41, 5.74) is 0.850. The molecule has 4 nitrogen and oxygen atoms in total. The molecule has 4 heteroatoms. The van der Waals surface area contributed by atoms with Crippen LogP contribution in [-0.4, -0.2) is 29.0 Å². The topological polar surface area (TPSA) is 46.4 Å². The van der Waals surface area contributed by atoms with Crippen LogP contribution < -0.4 is 0 Å². The molecule has 1 aromatic rings. The fraction of sp³-hybridized carbons (Fsp3) is 0.467. The van der Waals surface area contributed by atoms with E-state index in [-0.39, 0.29) is 10.6 Å². The summed E-state index contributed by atoms with van der Waals surface area (Å²) in [4.78, 5) is 13.0. The van der Waals surface area contributed by atoms with Gasteiger partial charge in [-0.2, -0.15) is 0 Å². The van der Waals surface area contributed by atoms with E-state index in [0.717, 1.165) is 13.1 Å². The van der Waals surface area contributed by atoms with Crippen molar-refractivity contribution in [3.05, 3.63) is 46.0 Å². The molecule has 0 radical (unpaired) electrons. The molecule has 19 heavy (non-hydrogen) atoms. The second-order valence-electron chi connectivity index (χ2n) is 5.06. The number of likely N-dealkylation sites (tertiary alicyclic amines) is 1. The van der Waals surface area contributed by atoms with Crippen molar-refractivity contribution in [1.29, 1.82) is 0 Å². The molecule has 1 saturated heterocycles. The number of hydrogen-bond acceptors (Lipinski definition) is 3. The van der Waals surface area contributed by atoms with Crippen LogP contribution in [0.1, 0.15) is 31.7 Å². The molecule has 1 heterocycles. The molecule has 1 fully saturated rings. The van der Waals surface area contributed by atoms with Crippen LogP contribution in [0.15, 0.2) is 30.3 Å². The number of nitrogens with zero attached hydrogens (tertiary/aromatic N) is 2. The Balaban J connectivity index is 2.00. The summed E-state index contributed by atoms with van der Waals surface area (Å²) >= 11 is 0. The maximum atomic E-state index is 10.9. The number of benzene rings is 1. The summed E-state index contributed by atoms with van der Waals surface area (Å²) in [6, 6.07) is 7.47. The van der Waals surface area contributed by atoms with Crippen LogP contribution >= 0.6 is 0 Å². The SMILES string of the molecule is CC1CCCCN1C/C=C/c1ccccc1[N+](=O)[O-]. The molecule has 102 valence electrons. The highest BCUT2D eigenvalue weighted by molar-refractivity contribution is 5.60. The van der Waals surface area contributed by atoms with Crippen LogP contribution in [-0.2, 0) is 0 Å². The van der Waals surface area contributed by atoms with Gasteiger partial charge < -0.3 is 0 Å². The minimum Gasteiger partial charge on any atom is -0.297 e. The lowest BCUT2D eigenvalue weighted by atomic mass is 10.0. The Kier molecular flexibility index (Phi) is 4.68. The molecule has 0 aliphatic carbocycles. The van der Waals surface area contributed by atoms with E-state index in [4.69, 9.17) is 0 Å². The number of nitro benzene ring substituents is 1. The average Bonchev–Trinajstić information content (AvgIpc) is 2.41. The summed E-state index contributed by atoms with van der Waals surface area (Å²) in [7, 11) is 0. The van der Waals surface area contributed by atoms with Gasteiger partial charge in [-0.1, -0.05) is 30.7 Å². The van der Waals surface area contributed by atoms with E-state index in [1.165, 1.54) is 19.3 Å². The summed E-state index contributed by atoms with van der Waals surface area (Å²) in [6.07, 6.45) is 7.71. The van der Waals surface area contributed by atoms with Crippen molar-refractivity contribution in [2.75, 3.05) is 13.1 Å². The largest absolute Gasteiger partial charge is 0.297 e. The quantitative estimate of drug-likeness (QED) is 0.615. The van der Waals surface area contributed by atoms with Crippen LogP contribution in [0.25, 0.3) is 6.08 Å². The standard InChI is InChI=1S/C15H20N2O2/c1-13-7-4-5-11-16(13)12-6-9-14-8-2-3-10-15(14)17(18)19/h2-3,6,8-10,13H,4-5,7,11-12H2,1H3/b9-6+. The minimum atomic E-state index is -0.330. The van der Waals surface area contributed by atoms with Gasteiger partial charge in [0.1, 0.15) is 0 Å².